The molecule has 1 amide bonds. The maximum absolute atomic E-state index is 12.0. The topological polar surface area (TPSA) is 55.1 Å². The molecule has 0 saturated carbocycles. The van der Waals surface area contributed by atoms with Gasteiger partial charge in [0.2, 0.25) is 0 Å². The van der Waals surface area contributed by atoms with Gasteiger partial charge in [0.15, 0.2) is 0 Å². The molecule has 2 aromatic rings. The smallest absolute Gasteiger partial charge is 0.252 e. The van der Waals surface area contributed by atoms with Crippen LogP contribution in [-0.4, -0.2) is 5.91 Å². The van der Waals surface area contributed by atoms with Gasteiger partial charge in [-0.3, -0.25) is 4.79 Å². The van der Waals surface area contributed by atoms with Gasteiger partial charge < -0.3 is 11.1 Å². The molecule has 0 radical (unpaired) electrons. The van der Waals surface area contributed by atoms with E-state index in [4.69, 9.17) is 5.73 Å². The summed E-state index contributed by atoms with van der Waals surface area (Å²) < 4.78 is 0. The molecular weight excluding hydrogens is 224 g/mol. The summed E-state index contributed by atoms with van der Waals surface area (Å²) in [7, 11) is 0. The van der Waals surface area contributed by atoms with Gasteiger partial charge in [0.25, 0.3) is 5.91 Å². The third-order valence-electron chi connectivity index (χ3n) is 3.37. The van der Waals surface area contributed by atoms with Crippen molar-refractivity contribution in [3.05, 3.63) is 71.3 Å². The van der Waals surface area contributed by atoms with E-state index in [1.54, 1.807) is 0 Å². The molecule has 3 heteroatoms. The summed E-state index contributed by atoms with van der Waals surface area (Å²) in [5.74, 6) is -0.0545. The lowest BCUT2D eigenvalue weighted by Crippen LogP contribution is -2.41. The van der Waals surface area contributed by atoms with Crippen molar-refractivity contribution >= 4 is 5.91 Å². The van der Waals surface area contributed by atoms with E-state index in [9.17, 15) is 4.79 Å². The molecule has 0 unspecified atom stereocenters. The first kappa shape index (κ1) is 11.0. The second-order valence-corrected chi connectivity index (χ2v) is 4.47. The second-order valence-electron chi connectivity index (χ2n) is 4.47. The van der Waals surface area contributed by atoms with Gasteiger partial charge >= 0.3 is 0 Å². The normalized spacial score (nSPS) is 22.2. The Bertz CT molecular complexity index is 580. The number of hydrogen-bond donors (Lipinski definition) is 2. The van der Waals surface area contributed by atoms with Crippen LogP contribution in [0.5, 0.6) is 0 Å². The molecule has 1 aliphatic rings. The largest absolute Gasteiger partial charge is 0.343 e. The maximum Gasteiger partial charge on any atom is 0.252 e. The molecule has 2 aromatic carbocycles. The van der Waals surface area contributed by atoms with Gasteiger partial charge in [-0.2, -0.15) is 0 Å². The van der Waals surface area contributed by atoms with Crippen molar-refractivity contribution in [3.8, 4) is 0 Å². The van der Waals surface area contributed by atoms with Crippen molar-refractivity contribution in [2.24, 2.45) is 5.73 Å². The first-order chi connectivity index (χ1) is 8.77. The van der Waals surface area contributed by atoms with Crippen LogP contribution in [0.4, 0.5) is 0 Å². The fourth-order valence-corrected chi connectivity index (χ4v) is 2.43. The summed E-state index contributed by atoms with van der Waals surface area (Å²) in [6, 6.07) is 17.0. The van der Waals surface area contributed by atoms with Crippen molar-refractivity contribution in [1.29, 1.82) is 0 Å². The summed E-state index contributed by atoms with van der Waals surface area (Å²) in [5, 5.41) is 2.97. The fraction of sp³-hybridized carbons (Fsp3) is 0.133. The lowest BCUT2D eigenvalue weighted by molar-refractivity contribution is 0.0914. The van der Waals surface area contributed by atoms with E-state index in [0.29, 0.717) is 5.56 Å². The van der Waals surface area contributed by atoms with Gasteiger partial charge in [0.1, 0.15) is 0 Å². The highest BCUT2D eigenvalue weighted by Gasteiger charge is 2.31. The predicted molar refractivity (Wildman–Crippen MR) is 70.0 cm³/mol. The van der Waals surface area contributed by atoms with E-state index in [1.807, 2.05) is 54.6 Å². The molecule has 1 heterocycles. The fourth-order valence-electron chi connectivity index (χ4n) is 2.43. The molecule has 1 aliphatic heterocycles. The third kappa shape index (κ3) is 1.69. The third-order valence-corrected chi connectivity index (χ3v) is 3.37. The van der Waals surface area contributed by atoms with Gasteiger partial charge in [-0.25, -0.2) is 0 Å². The van der Waals surface area contributed by atoms with Gasteiger partial charge in [-0.05, 0) is 17.2 Å². The number of nitrogens with two attached hydrogens (primary N) is 1. The Balaban J connectivity index is 2.05. The highest BCUT2D eigenvalue weighted by molar-refractivity contribution is 5.97. The molecule has 0 fully saturated rings. The van der Waals surface area contributed by atoms with Gasteiger partial charge in [0.05, 0.1) is 12.1 Å². The van der Waals surface area contributed by atoms with Crippen molar-refractivity contribution in [1.82, 2.24) is 5.32 Å². The van der Waals surface area contributed by atoms with E-state index in [1.165, 1.54) is 0 Å². The molecule has 2 atom stereocenters. The molecule has 0 saturated heterocycles. The Morgan fingerprint density at radius 2 is 1.61 bits per heavy atom. The lowest BCUT2D eigenvalue weighted by Gasteiger charge is -2.31. The van der Waals surface area contributed by atoms with E-state index in [-0.39, 0.29) is 18.0 Å². The van der Waals surface area contributed by atoms with Gasteiger partial charge in [-0.1, -0.05) is 48.5 Å². The molecule has 3 rings (SSSR count). The molecular formula is C15H14N2O. The molecule has 90 valence electrons. The van der Waals surface area contributed by atoms with E-state index in [2.05, 4.69) is 5.32 Å². The quantitative estimate of drug-likeness (QED) is 0.800. The standard InChI is InChI=1S/C15H14N2O/c16-13-11-8-4-5-9-12(11)15(18)17-14(13)10-6-2-1-3-7-10/h1-9,13-14H,16H2,(H,17,18)/t13-,14+/m1/s1. The first-order valence-corrected chi connectivity index (χ1v) is 5.97. The first-order valence-electron chi connectivity index (χ1n) is 5.97. The van der Waals surface area contributed by atoms with Crippen LogP contribution in [0.1, 0.15) is 33.6 Å². The zero-order valence-corrected chi connectivity index (χ0v) is 9.84. The van der Waals surface area contributed by atoms with Crippen LogP contribution in [-0.2, 0) is 0 Å². The van der Waals surface area contributed by atoms with Crippen molar-refractivity contribution in [2.75, 3.05) is 0 Å². The van der Waals surface area contributed by atoms with E-state index >= 15 is 0 Å². The number of nitrogens with one attached hydrogen (secondary N) is 1. The molecule has 0 bridgehead atoms. The van der Waals surface area contributed by atoms with Crippen molar-refractivity contribution in [2.45, 2.75) is 12.1 Å². The Morgan fingerprint density at radius 1 is 0.944 bits per heavy atom. The number of carbonyl (C=O) groups excluding carboxylic acids is 1. The highest BCUT2D eigenvalue weighted by atomic mass is 16.1. The Hall–Kier alpha value is -2.13. The van der Waals surface area contributed by atoms with Crippen LogP contribution in [0.2, 0.25) is 0 Å². The minimum absolute atomic E-state index is 0.0545. The van der Waals surface area contributed by atoms with E-state index < -0.39 is 0 Å². The Morgan fingerprint density at radius 3 is 2.39 bits per heavy atom. The Labute approximate surface area is 106 Å². The van der Waals surface area contributed by atoms with Crippen molar-refractivity contribution in [3.63, 3.8) is 0 Å². The zero-order valence-electron chi connectivity index (χ0n) is 9.84. The molecule has 3 nitrogen and oxygen atoms in total. The Kier molecular flexibility index (Phi) is 2.61. The van der Waals surface area contributed by atoms with Crippen LogP contribution in [0.15, 0.2) is 54.6 Å². The molecule has 3 N–H and O–H groups in total. The average Bonchev–Trinajstić information content (AvgIpc) is 2.44. The number of carbonyl (C=O) groups is 1. The van der Waals surface area contributed by atoms with Crippen molar-refractivity contribution < 1.29 is 4.79 Å². The summed E-state index contributed by atoms with van der Waals surface area (Å²) in [5.41, 5.74) is 8.90. The number of benzene rings is 2. The zero-order chi connectivity index (χ0) is 12.5. The monoisotopic (exact) mass is 238 g/mol. The van der Waals surface area contributed by atoms with Crippen LogP contribution < -0.4 is 11.1 Å². The summed E-state index contributed by atoms with van der Waals surface area (Å²) >= 11 is 0. The van der Waals surface area contributed by atoms with Gasteiger partial charge in [0, 0.05) is 5.56 Å². The summed E-state index contributed by atoms with van der Waals surface area (Å²) in [4.78, 5) is 12.0. The molecule has 0 aliphatic carbocycles. The molecule has 18 heavy (non-hydrogen) atoms. The minimum atomic E-state index is -0.207. The number of hydrogen-bond acceptors (Lipinski definition) is 2. The molecule has 0 aromatic heterocycles. The predicted octanol–water partition coefficient (Wildman–Crippen LogP) is 2.17. The highest BCUT2D eigenvalue weighted by Crippen LogP contribution is 2.32. The van der Waals surface area contributed by atoms with E-state index in [0.717, 1.165) is 11.1 Å². The second kappa shape index (κ2) is 4.27. The summed E-state index contributed by atoms with van der Waals surface area (Å²) in [6.45, 7) is 0. The van der Waals surface area contributed by atoms with Crippen LogP contribution in [0.25, 0.3) is 0 Å². The van der Waals surface area contributed by atoms with Crippen LogP contribution in [0.3, 0.4) is 0 Å². The van der Waals surface area contributed by atoms with Crippen LogP contribution in [0, 0.1) is 0 Å². The summed E-state index contributed by atoms with van der Waals surface area (Å²) in [6.07, 6.45) is 0. The number of fused-ring (bicyclic) bond motifs is 1. The minimum Gasteiger partial charge on any atom is -0.343 e. The van der Waals surface area contributed by atoms with Crippen LogP contribution >= 0.6 is 0 Å². The molecule has 0 spiro atoms. The maximum atomic E-state index is 12.0. The lowest BCUT2D eigenvalue weighted by atomic mass is 9.87. The van der Waals surface area contributed by atoms with Gasteiger partial charge in [-0.15, -0.1) is 0 Å². The number of amides is 1. The SMILES string of the molecule is N[C@@H]1c2ccccc2C(=O)N[C@H]1c1ccccc1. The number of rotatable bonds is 1. The average molecular weight is 238 g/mol.